The molecule has 3 nitrogen and oxygen atoms in total. The van der Waals surface area contributed by atoms with E-state index in [9.17, 15) is 18.0 Å². The van der Waals surface area contributed by atoms with E-state index in [-0.39, 0.29) is 0 Å². The summed E-state index contributed by atoms with van der Waals surface area (Å²) in [6, 6.07) is -0.998. The molecule has 0 saturated carbocycles. The van der Waals surface area contributed by atoms with Crippen molar-refractivity contribution in [2.75, 3.05) is 0 Å². The maximum absolute atomic E-state index is 11.9. The first-order valence-electron chi connectivity index (χ1n) is 2.96. The topological polar surface area (TPSA) is 38.3 Å². The Kier molecular flexibility index (Phi) is 1.79. The predicted octanol–water partition coefficient (Wildman–Crippen LogP) is 0.615. The molecule has 2 atom stereocenters. The van der Waals surface area contributed by atoms with Gasteiger partial charge in [0.05, 0.1) is 6.04 Å². The zero-order chi connectivity index (χ0) is 8.65. The van der Waals surface area contributed by atoms with Gasteiger partial charge in [-0.15, -0.1) is 5.48 Å². The maximum atomic E-state index is 11.9. The van der Waals surface area contributed by atoms with Crippen LogP contribution < -0.4 is 5.48 Å². The Morgan fingerprint density at radius 1 is 1.55 bits per heavy atom. The summed E-state index contributed by atoms with van der Waals surface area (Å²) in [5.41, 5.74) is 1.96. The highest BCUT2D eigenvalue weighted by Gasteiger charge is 2.53. The van der Waals surface area contributed by atoms with E-state index in [0.29, 0.717) is 0 Å². The zero-order valence-electron chi connectivity index (χ0n) is 5.61. The molecule has 11 heavy (non-hydrogen) atoms. The van der Waals surface area contributed by atoms with Crippen LogP contribution in [0.5, 0.6) is 0 Å². The van der Waals surface area contributed by atoms with Crippen molar-refractivity contribution in [3.8, 4) is 0 Å². The maximum Gasteiger partial charge on any atom is 0.403 e. The van der Waals surface area contributed by atoms with Gasteiger partial charge in [0.1, 0.15) is 0 Å². The Balaban J connectivity index is 2.77. The lowest BCUT2D eigenvalue weighted by Gasteiger charge is -2.12. The highest BCUT2D eigenvalue weighted by atomic mass is 19.4. The van der Waals surface area contributed by atoms with Gasteiger partial charge in [-0.1, -0.05) is 0 Å². The molecule has 1 aliphatic rings. The van der Waals surface area contributed by atoms with E-state index in [1.165, 1.54) is 6.92 Å². The lowest BCUT2D eigenvalue weighted by molar-refractivity contribution is -0.186. The Hall–Kier alpha value is -0.780. The minimum Gasteiger partial charge on any atom is -0.370 e. The Morgan fingerprint density at radius 2 is 2.09 bits per heavy atom. The molecule has 1 N–H and O–H groups in total. The molecule has 0 aromatic heterocycles. The smallest absolute Gasteiger partial charge is 0.370 e. The standard InChI is InChI=1S/C5H6F3NO2/c1-2-3(5(6,7)8)4(10)11-9-2/h2-3,9H,1H3/t2-,3-/m1/s1. The fourth-order valence-corrected chi connectivity index (χ4v) is 0.904. The summed E-state index contributed by atoms with van der Waals surface area (Å²) >= 11 is 0. The number of hydrogen-bond donors (Lipinski definition) is 1. The Bertz CT molecular complexity index is 179. The summed E-state index contributed by atoms with van der Waals surface area (Å²) in [4.78, 5) is 14.4. The van der Waals surface area contributed by atoms with E-state index in [1.807, 2.05) is 5.48 Å². The number of rotatable bonds is 0. The highest BCUT2D eigenvalue weighted by molar-refractivity contribution is 5.75. The van der Waals surface area contributed by atoms with E-state index in [0.717, 1.165) is 0 Å². The number of alkyl halides is 3. The van der Waals surface area contributed by atoms with Crippen molar-refractivity contribution in [1.82, 2.24) is 5.48 Å². The van der Waals surface area contributed by atoms with Crippen molar-refractivity contribution in [3.63, 3.8) is 0 Å². The third-order valence-corrected chi connectivity index (χ3v) is 1.45. The summed E-state index contributed by atoms with van der Waals surface area (Å²) in [5, 5.41) is 0. The second-order valence-electron chi connectivity index (χ2n) is 2.35. The first-order chi connectivity index (χ1) is 4.93. The van der Waals surface area contributed by atoms with Gasteiger partial charge in [0.2, 0.25) is 0 Å². The molecule has 1 aliphatic heterocycles. The molecule has 0 aromatic rings. The van der Waals surface area contributed by atoms with Crippen LogP contribution in [0.1, 0.15) is 6.92 Å². The average molecular weight is 169 g/mol. The van der Waals surface area contributed by atoms with Gasteiger partial charge in [-0.3, -0.25) is 0 Å². The molecule has 6 heteroatoms. The van der Waals surface area contributed by atoms with Crippen molar-refractivity contribution in [2.45, 2.75) is 19.1 Å². The first-order valence-corrected chi connectivity index (χ1v) is 2.96. The van der Waals surface area contributed by atoms with Crippen LogP contribution in [0.15, 0.2) is 0 Å². The van der Waals surface area contributed by atoms with Gasteiger partial charge < -0.3 is 4.84 Å². The van der Waals surface area contributed by atoms with Crippen LogP contribution in [-0.2, 0) is 9.63 Å². The van der Waals surface area contributed by atoms with Crippen LogP contribution in [0, 0.1) is 5.92 Å². The van der Waals surface area contributed by atoms with Crippen molar-refractivity contribution < 1.29 is 22.8 Å². The van der Waals surface area contributed by atoms with Gasteiger partial charge >= 0.3 is 12.1 Å². The Morgan fingerprint density at radius 3 is 2.27 bits per heavy atom. The normalized spacial score (nSPS) is 32.2. The van der Waals surface area contributed by atoms with Gasteiger partial charge in [0, 0.05) is 0 Å². The largest absolute Gasteiger partial charge is 0.403 e. The lowest BCUT2D eigenvalue weighted by Crippen LogP contribution is -2.35. The van der Waals surface area contributed by atoms with E-state index in [2.05, 4.69) is 4.84 Å². The van der Waals surface area contributed by atoms with E-state index >= 15 is 0 Å². The molecule has 64 valence electrons. The SMILES string of the molecule is C[C@H]1NOC(=O)[C@@H]1C(F)(F)F. The van der Waals surface area contributed by atoms with Gasteiger partial charge in [-0.25, -0.2) is 4.79 Å². The molecular formula is C5H6F3NO2. The third kappa shape index (κ3) is 1.45. The molecule has 0 bridgehead atoms. The lowest BCUT2D eigenvalue weighted by atomic mass is 10.0. The van der Waals surface area contributed by atoms with Crippen molar-refractivity contribution in [1.29, 1.82) is 0 Å². The molecule has 0 amide bonds. The fourth-order valence-electron chi connectivity index (χ4n) is 0.904. The van der Waals surface area contributed by atoms with Gasteiger partial charge in [0.15, 0.2) is 5.92 Å². The summed E-state index contributed by atoms with van der Waals surface area (Å²) in [6.07, 6.45) is -4.51. The number of nitrogens with one attached hydrogen (secondary N) is 1. The molecule has 1 heterocycles. The van der Waals surface area contributed by atoms with Crippen LogP contribution >= 0.6 is 0 Å². The molecule has 1 saturated heterocycles. The summed E-state index contributed by atoms with van der Waals surface area (Å²) in [5.74, 6) is -3.28. The quantitative estimate of drug-likeness (QED) is 0.577. The predicted molar refractivity (Wildman–Crippen MR) is 28.2 cm³/mol. The number of carbonyl (C=O) groups excluding carboxylic acids is 1. The van der Waals surface area contributed by atoms with E-state index < -0.39 is 24.1 Å². The second-order valence-corrected chi connectivity index (χ2v) is 2.35. The minimum atomic E-state index is -4.51. The van der Waals surface area contributed by atoms with Crippen LogP contribution in [0.2, 0.25) is 0 Å². The average Bonchev–Trinajstić information content (AvgIpc) is 2.08. The van der Waals surface area contributed by atoms with Gasteiger partial charge in [-0.05, 0) is 6.92 Å². The highest BCUT2D eigenvalue weighted by Crippen LogP contribution is 2.32. The molecule has 0 unspecified atom stereocenters. The first kappa shape index (κ1) is 8.32. The molecule has 0 aromatic carbocycles. The monoisotopic (exact) mass is 169 g/mol. The molecule has 1 fully saturated rings. The molecule has 0 radical (unpaired) electrons. The van der Waals surface area contributed by atoms with E-state index in [1.54, 1.807) is 0 Å². The number of carbonyl (C=O) groups is 1. The van der Waals surface area contributed by atoms with Crippen molar-refractivity contribution >= 4 is 5.97 Å². The second kappa shape index (κ2) is 2.37. The van der Waals surface area contributed by atoms with Crippen molar-refractivity contribution in [2.24, 2.45) is 5.92 Å². The van der Waals surface area contributed by atoms with Crippen molar-refractivity contribution in [3.05, 3.63) is 0 Å². The zero-order valence-corrected chi connectivity index (χ0v) is 5.61. The molecule has 0 spiro atoms. The van der Waals surface area contributed by atoms with E-state index in [4.69, 9.17) is 0 Å². The third-order valence-electron chi connectivity index (χ3n) is 1.45. The van der Waals surface area contributed by atoms with Gasteiger partial charge in [0.25, 0.3) is 0 Å². The van der Waals surface area contributed by atoms with Crippen LogP contribution in [0.25, 0.3) is 0 Å². The molecular weight excluding hydrogens is 163 g/mol. The molecule has 1 rings (SSSR count). The summed E-state index contributed by atoms with van der Waals surface area (Å²) in [6.45, 7) is 1.24. The summed E-state index contributed by atoms with van der Waals surface area (Å²) < 4.78 is 35.8. The van der Waals surface area contributed by atoms with Crippen LogP contribution in [-0.4, -0.2) is 18.2 Å². The van der Waals surface area contributed by atoms with Crippen LogP contribution in [0.4, 0.5) is 13.2 Å². The molecule has 0 aliphatic carbocycles. The van der Waals surface area contributed by atoms with Gasteiger partial charge in [-0.2, -0.15) is 13.2 Å². The fraction of sp³-hybridized carbons (Fsp3) is 0.800. The number of hydroxylamine groups is 1. The number of hydrogen-bond acceptors (Lipinski definition) is 3. The summed E-state index contributed by atoms with van der Waals surface area (Å²) in [7, 11) is 0. The number of halogens is 3. The minimum absolute atomic E-state index is 0.998. The van der Waals surface area contributed by atoms with Crippen LogP contribution in [0.3, 0.4) is 0 Å². The Labute approximate surface area is 60.5 Å².